The van der Waals surface area contributed by atoms with Crippen molar-refractivity contribution in [1.82, 2.24) is 0 Å². The van der Waals surface area contributed by atoms with Crippen LogP contribution in [0.3, 0.4) is 0 Å². The van der Waals surface area contributed by atoms with E-state index in [0.717, 1.165) is 10.5 Å². The van der Waals surface area contributed by atoms with E-state index in [0.29, 0.717) is 22.3 Å². The topological polar surface area (TPSA) is 49.4 Å². The predicted molar refractivity (Wildman–Crippen MR) is 101 cm³/mol. The van der Waals surface area contributed by atoms with Gasteiger partial charge in [-0.25, -0.2) is 4.90 Å². The second kappa shape index (κ2) is 6.90. The number of hydrogen-bond acceptors (Lipinski definition) is 3. The molecule has 4 nitrogen and oxygen atoms in total. The molecule has 0 saturated heterocycles. The highest BCUT2D eigenvalue weighted by Crippen LogP contribution is 2.31. The van der Waals surface area contributed by atoms with E-state index in [1.54, 1.807) is 36.4 Å². The number of anilines is 2. The summed E-state index contributed by atoms with van der Waals surface area (Å²) in [4.78, 5) is 26.2. The molecule has 0 bridgehead atoms. The van der Waals surface area contributed by atoms with Crippen LogP contribution < -0.4 is 10.2 Å². The minimum atomic E-state index is -0.548. The van der Waals surface area contributed by atoms with E-state index in [1.165, 1.54) is 0 Å². The van der Waals surface area contributed by atoms with Crippen molar-refractivity contribution in [2.45, 2.75) is 19.8 Å². The van der Waals surface area contributed by atoms with Crippen LogP contribution in [0, 0.1) is 0 Å². The average molecular weight is 375 g/mol. The number of nitrogens with zero attached hydrogens (tertiary/aromatic N) is 1. The van der Waals surface area contributed by atoms with E-state index in [1.807, 2.05) is 12.1 Å². The Morgan fingerprint density at radius 2 is 1.64 bits per heavy atom. The van der Waals surface area contributed by atoms with E-state index in [2.05, 4.69) is 19.2 Å². The van der Waals surface area contributed by atoms with Crippen molar-refractivity contribution in [3.63, 3.8) is 0 Å². The Kier molecular flexibility index (Phi) is 4.84. The lowest BCUT2D eigenvalue weighted by molar-refractivity contribution is -0.120. The third-order valence-electron chi connectivity index (χ3n) is 3.94. The van der Waals surface area contributed by atoms with Crippen molar-refractivity contribution >= 4 is 46.4 Å². The number of rotatable bonds is 4. The first-order chi connectivity index (χ1) is 11.9. The molecule has 2 amide bonds. The highest BCUT2D eigenvalue weighted by Gasteiger charge is 2.38. The summed E-state index contributed by atoms with van der Waals surface area (Å²) in [5, 5.41) is 3.26. The van der Waals surface area contributed by atoms with Gasteiger partial charge in [0.25, 0.3) is 11.8 Å². The van der Waals surface area contributed by atoms with Gasteiger partial charge in [-0.3, -0.25) is 9.59 Å². The fraction of sp³-hybridized carbons (Fsp3) is 0.158. The number of carbonyl (C=O) groups excluding carboxylic acids is 2. The molecule has 3 rings (SSSR count). The average Bonchev–Trinajstić information content (AvgIpc) is 2.79. The molecule has 0 spiro atoms. The van der Waals surface area contributed by atoms with Crippen molar-refractivity contribution in [2.75, 3.05) is 10.2 Å². The summed E-state index contributed by atoms with van der Waals surface area (Å²) in [7, 11) is 0. The minimum absolute atomic E-state index is 0.0434. The van der Waals surface area contributed by atoms with Gasteiger partial charge in [0.1, 0.15) is 10.7 Å². The van der Waals surface area contributed by atoms with Gasteiger partial charge >= 0.3 is 0 Å². The van der Waals surface area contributed by atoms with Gasteiger partial charge < -0.3 is 5.32 Å². The molecule has 2 aromatic rings. The highest BCUT2D eigenvalue weighted by atomic mass is 35.5. The van der Waals surface area contributed by atoms with Gasteiger partial charge in [0.15, 0.2) is 0 Å². The number of amides is 2. The van der Waals surface area contributed by atoms with Crippen LogP contribution in [0.25, 0.3) is 0 Å². The Balaban J connectivity index is 1.88. The number of hydrogen-bond donors (Lipinski definition) is 1. The third kappa shape index (κ3) is 3.41. The molecule has 1 heterocycles. The van der Waals surface area contributed by atoms with Gasteiger partial charge in [0.2, 0.25) is 0 Å². The van der Waals surface area contributed by atoms with Gasteiger partial charge in [-0.1, -0.05) is 55.2 Å². The van der Waals surface area contributed by atoms with Crippen molar-refractivity contribution in [3.8, 4) is 0 Å². The fourth-order valence-electron chi connectivity index (χ4n) is 2.56. The van der Waals surface area contributed by atoms with Crippen LogP contribution in [0.5, 0.6) is 0 Å². The molecular weight excluding hydrogens is 359 g/mol. The molecule has 6 heteroatoms. The quantitative estimate of drug-likeness (QED) is 0.774. The summed E-state index contributed by atoms with van der Waals surface area (Å²) >= 11 is 12.1. The highest BCUT2D eigenvalue weighted by molar-refractivity contribution is 6.53. The molecule has 0 atom stereocenters. The first kappa shape index (κ1) is 17.5. The Morgan fingerprint density at radius 3 is 2.24 bits per heavy atom. The second-order valence-corrected chi connectivity index (χ2v) is 6.83. The van der Waals surface area contributed by atoms with Crippen LogP contribution in [-0.2, 0) is 9.59 Å². The predicted octanol–water partition coefficient (Wildman–Crippen LogP) is 4.90. The summed E-state index contributed by atoms with van der Waals surface area (Å²) in [5.74, 6) is -0.679. The first-order valence-electron chi connectivity index (χ1n) is 7.79. The number of nitrogens with one attached hydrogen (secondary N) is 1. The molecule has 0 fully saturated rings. The Hall–Kier alpha value is -2.30. The maximum absolute atomic E-state index is 12.7. The number of halogens is 2. The summed E-state index contributed by atoms with van der Waals surface area (Å²) in [6.07, 6.45) is 0. The van der Waals surface area contributed by atoms with Gasteiger partial charge in [-0.2, -0.15) is 0 Å². The van der Waals surface area contributed by atoms with Gasteiger partial charge in [-0.15, -0.1) is 0 Å². The Morgan fingerprint density at radius 1 is 0.960 bits per heavy atom. The molecular formula is C19H16Cl2N2O2. The van der Waals surface area contributed by atoms with Crippen molar-refractivity contribution < 1.29 is 9.59 Å². The third-order valence-corrected chi connectivity index (χ3v) is 4.52. The lowest BCUT2D eigenvalue weighted by Crippen LogP contribution is -2.32. The lowest BCUT2D eigenvalue weighted by Gasteiger charge is -2.16. The van der Waals surface area contributed by atoms with Gasteiger partial charge in [0.05, 0.1) is 5.69 Å². The van der Waals surface area contributed by atoms with Gasteiger partial charge in [-0.05, 0) is 41.8 Å². The van der Waals surface area contributed by atoms with E-state index in [9.17, 15) is 9.59 Å². The summed E-state index contributed by atoms with van der Waals surface area (Å²) in [5.41, 5.74) is 2.24. The van der Waals surface area contributed by atoms with E-state index >= 15 is 0 Å². The zero-order chi connectivity index (χ0) is 18.1. The van der Waals surface area contributed by atoms with Crippen LogP contribution in [0.4, 0.5) is 11.4 Å². The number of benzene rings is 2. The maximum atomic E-state index is 12.7. The van der Waals surface area contributed by atoms with Crippen molar-refractivity contribution in [2.24, 2.45) is 0 Å². The second-order valence-electron chi connectivity index (χ2n) is 6.02. The summed E-state index contributed by atoms with van der Waals surface area (Å²) in [6.45, 7) is 4.15. The van der Waals surface area contributed by atoms with E-state index in [-0.39, 0.29) is 10.7 Å². The van der Waals surface area contributed by atoms with E-state index < -0.39 is 11.8 Å². The molecule has 1 aliphatic heterocycles. The molecule has 1 N–H and O–H groups in total. The molecule has 0 saturated carbocycles. The van der Waals surface area contributed by atoms with Crippen LogP contribution >= 0.6 is 23.2 Å². The maximum Gasteiger partial charge on any atom is 0.283 e. The molecule has 128 valence electrons. The standard InChI is InChI=1S/C19H16Cl2N2O2/c1-11(2)12-6-8-15(9-7-12)23-18(24)16(21)17(19(23)25)22-14-5-3-4-13(20)10-14/h3-11,22H,1-2H3. The zero-order valence-electron chi connectivity index (χ0n) is 13.7. The van der Waals surface area contributed by atoms with Crippen LogP contribution in [0.2, 0.25) is 5.02 Å². The fourth-order valence-corrected chi connectivity index (χ4v) is 2.97. The summed E-state index contributed by atoms with van der Waals surface area (Å²) < 4.78 is 0. The van der Waals surface area contributed by atoms with Crippen LogP contribution in [0.1, 0.15) is 25.3 Å². The van der Waals surface area contributed by atoms with Crippen LogP contribution in [-0.4, -0.2) is 11.8 Å². The molecule has 25 heavy (non-hydrogen) atoms. The molecule has 1 aliphatic rings. The molecule has 0 unspecified atom stereocenters. The molecule has 0 aliphatic carbocycles. The Bertz CT molecular complexity index is 873. The van der Waals surface area contributed by atoms with Crippen molar-refractivity contribution in [1.29, 1.82) is 0 Å². The molecule has 0 aromatic heterocycles. The van der Waals surface area contributed by atoms with Crippen LogP contribution in [0.15, 0.2) is 59.3 Å². The number of carbonyl (C=O) groups is 2. The van der Waals surface area contributed by atoms with Crippen molar-refractivity contribution in [3.05, 3.63) is 69.8 Å². The zero-order valence-corrected chi connectivity index (χ0v) is 15.2. The van der Waals surface area contributed by atoms with Gasteiger partial charge in [0, 0.05) is 10.7 Å². The summed E-state index contributed by atoms with van der Waals surface area (Å²) in [6, 6.07) is 14.1. The first-order valence-corrected chi connectivity index (χ1v) is 8.55. The SMILES string of the molecule is CC(C)c1ccc(N2C(=O)C(Cl)=C(Nc3cccc(Cl)c3)C2=O)cc1. The normalized spacial score (nSPS) is 14.7. The van der Waals surface area contributed by atoms with E-state index in [4.69, 9.17) is 23.2 Å². The largest absolute Gasteiger partial charge is 0.350 e. The monoisotopic (exact) mass is 374 g/mol. The number of imide groups is 1. The Labute approximate surface area is 156 Å². The molecule has 2 aromatic carbocycles. The smallest absolute Gasteiger partial charge is 0.283 e. The molecule has 0 radical (unpaired) electrons. The minimum Gasteiger partial charge on any atom is -0.350 e. The lowest BCUT2D eigenvalue weighted by atomic mass is 10.0.